The van der Waals surface area contributed by atoms with Crippen LogP contribution in [0, 0.1) is 6.92 Å². The van der Waals surface area contributed by atoms with Gasteiger partial charge in [0.2, 0.25) is 0 Å². The number of amides is 1. The molecule has 1 aliphatic rings. The van der Waals surface area contributed by atoms with Crippen LogP contribution in [0.2, 0.25) is 5.02 Å². The van der Waals surface area contributed by atoms with Gasteiger partial charge in [-0.1, -0.05) is 23.7 Å². The highest BCUT2D eigenvalue weighted by Gasteiger charge is 2.39. The van der Waals surface area contributed by atoms with E-state index < -0.39 is 5.60 Å². The average molecular weight is 389 g/mol. The smallest absolute Gasteiger partial charge is 0.256 e. The van der Waals surface area contributed by atoms with Crippen molar-refractivity contribution < 1.29 is 14.3 Å². The lowest BCUT2D eigenvalue weighted by Gasteiger charge is -2.34. The van der Waals surface area contributed by atoms with Crippen LogP contribution in [0.15, 0.2) is 42.5 Å². The molecule has 1 heterocycles. The van der Waals surface area contributed by atoms with Crippen molar-refractivity contribution in [1.82, 2.24) is 5.32 Å². The number of ether oxygens (including phenoxy) is 2. The highest BCUT2D eigenvalue weighted by Crippen LogP contribution is 2.27. The molecule has 0 bridgehead atoms. The number of aryl methyl sites for hydroxylation is 1. The Morgan fingerprint density at radius 1 is 1.22 bits per heavy atom. The van der Waals surface area contributed by atoms with Gasteiger partial charge in [0.25, 0.3) is 5.91 Å². The first-order valence-electron chi connectivity index (χ1n) is 9.08. The lowest BCUT2D eigenvalue weighted by atomic mass is 9.91. The Balaban J connectivity index is 1.64. The molecule has 144 valence electrons. The van der Waals surface area contributed by atoms with Crippen LogP contribution in [0.5, 0.6) is 5.75 Å². The molecule has 6 heteroatoms. The Hall–Kier alpha value is -2.08. The molecule has 3 rings (SSSR count). The van der Waals surface area contributed by atoms with Crippen LogP contribution < -0.4 is 15.4 Å². The minimum Gasteiger partial charge on any atom is -0.489 e. The van der Waals surface area contributed by atoms with Crippen molar-refractivity contribution in [3.63, 3.8) is 0 Å². The fraction of sp³-hybridized carbons (Fsp3) is 0.381. The normalized spacial score (nSPS) is 16.0. The van der Waals surface area contributed by atoms with E-state index in [1.54, 1.807) is 7.11 Å². The van der Waals surface area contributed by atoms with Crippen LogP contribution >= 0.6 is 11.6 Å². The summed E-state index contributed by atoms with van der Waals surface area (Å²) in [4.78, 5) is 12.8. The molecule has 0 atom stereocenters. The second-order valence-electron chi connectivity index (χ2n) is 6.80. The molecule has 2 N–H and O–H groups in total. The molecule has 0 spiro atoms. The fourth-order valence-corrected chi connectivity index (χ4v) is 3.46. The molecule has 1 amide bonds. The molecular formula is C21H25ClN2O3. The van der Waals surface area contributed by atoms with Gasteiger partial charge in [0.1, 0.15) is 18.0 Å². The van der Waals surface area contributed by atoms with Crippen molar-refractivity contribution in [2.45, 2.75) is 32.0 Å². The number of piperidine rings is 1. The van der Waals surface area contributed by atoms with Crippen LogP contribution in [-0.2, 0) is 16.1 Å². The molecule has 27 heavy (non-hydrogen) atoms. The first-order valence-corrected chi connectivity index (χ1v) is 9.45. The molecule has 1 saturated heterocycles. The number of nitrogens with one attached hydrogen (secondary N) is 2. The van der Waals surface area contributed by atoms with Crippen LogP contribution in [0.25, 0.3) is 0 Å². The molecular weight excluding hydrogens is 364 g/mol. The van der Waals surface area contributed by atoms with Gasteiger partial charge in [-0.2, -0.15) is 0 Å². The molecule has 2 aromatic carbocycles. The Morgan fingerprint density at radius 2 is 2.00 bits per heavy atom. The van der Waals surface area contributed by atoms with Gasteiger partial charge < -0.3 is 20.1 Å². The summed E-state index contributed by atoms with van der Waals surface area (Å²) in [5.74, 6) is 0.649. The lowest BCUT2D eigenvalue weighted by Crippen LogP contribution is -2.51. The number of methoxy groups -OCH3 is 1. The number of halogens is 1. The molecule has 0 aromatic heterocycles. The van der Waals surface area contributed by atoms with Gasteiger partial charge in [-0.05, 0) is 74.3 Å². The number of carbonyl (C=O) groups is 1. The summed E-state index contributed by atoms with van der Waals surface area (Å²) in [6.07, 6.45) is 1.32. The van der Waals surface area contributed by atoms with Crippen molar-refractivity contribution in [3.8, 4) is 5.75 Å². The van der Waals surface area contributed by atoms with Crippen molar-refractivity contribution in [2.24, 2.45) is 0 Å². The predicted octanol–water partition coefficient (Wildman–Crippen LogP) is 3.93. The predicted molar refractivity (Wildman–Crippen MR) is 107 cm³/mol. The summed E-state index contributed by atoms with van der Waals surface area (Å²) in [6.45, 7) is 3.93. The van der Waals surface area contributed by atoms with Crippen LogP contribution in [-0.4, -0.2) is 31.7 Å². The summed E-state index contributed by atoms with van der Waals surface area (Å²) in [6, 6.07) is 13.2. The Morgan fingerprint density at radius 3 is 2.67 bits per heavy atom. The van der Waals surface area contributed by atoms with Crippen LogP contribution in [0.1, 0.15) is 24.0 Å². The van der Waals surface area contributed by atoms with Gasteiger partial charge in [-0.3, -0.25) is 4.79 Å². The van der Waals surface area contributed by atoms with Crippen molar-refractivity contribution in [1.29, 1.82) is 0 Å². The van der Waals surface area contributed by atoms with Crippen molar-refractivity contribution in [2.75, 3.05) is 25.5 Å². The molecule has 0 saturated carbocycles. The maximum Gasteiger partial charge on any atom is 0.256 e. The molecule has 5 nitrogen and oxygen atoms in total. The van der Waals surface area contributed by atoms with Crippen LogP contribution in [0.3, 0.4) is 0 Å². The summed E-state index contributed by atoms with van der Waals surface area (Å²) >= 11 is 6.00. The third-order valence-electron chi connectivity index (χ3n) is 4.96. The zero-order valence-electron chi connectivity index (χ0n) is 15.7. The third kappa shape index (κ3) is 4.80. The second-order valence-corrected chi connectivity index (χ2v) is 7.23. The van der Waals surface area contributed by atoms with E-state index in [2.05, 4.69) is 10.6 Å². The van der Waals surface area contributed by atoms with E-state index in [0.29, 0.717) is 24.5 Å². The SMILES string of the molecule is COC1(C(=O)Nc2ccc(OCc3cccc(Cl)c3)cc2C)CCNCC1. The number of benzene rings is 2. The zero-order valence-corrected chi connectivity index (χ0v) is 16.4. The Bertz CT molecular complexity index is 804. The maximum absolute atomic E-state index is 12.8. The van der Waals surface area contributed by atoms with E-state index in [1.165, 1.54) is 0 Å². The summed E-state index contributed by atoms with van der Waals surface area (Å²) in [7, 11) is 1.60. The molecule has 2 aromatic rings. The van der Waals surface area contributed by atoms with E-state index >= 15 is 0 Å². The Labute approximate surface area is 165 Å². The summed E-state index contributed by atoms with van der Waals surface area (Å²) in [5, 5.41) is 6.96. The quantitative estimate of drug-likeness (QED) is 0.787. The first-order chi connectivity index (χ1) is 13.0. The van der Waals surface area contributed by atoms with Crippen molar-refractivity contribution in [3.05, 3.63) is 58.6 Å². The number of rotatable bonds is 6. The van der Waals surface area contributed by atoms with Gasteiger partial charge in [-0.15, -0.1) is 0 Å². The molecule has 1 aliphatic heterocycles. The average Bonchev–Trinajstić information content (AvgIpc) is 2.68. The minimum absolute atomic E-state index is 0.0952. The zero-order chi connectivity index (χ0) is 19.3. The monoisotopic (exact) mass is 388 g/mol. The number of hydrogen-bond donors (Lipinski definition) is 2. The van der Waals surface area contributed by atoms with Crippen LogP contribution in [0.4, 0.5) is 5.69 Å². The topological polar surface area (TPSA) is 59.6 Å². The third-order valence-corrected chi connectivity index (χ3v) is 5.19. The highest BCUT2D eigenvalue weighted by molar-refractivity contribution is 6.30. The van der Waals surface area contributed by atoms with E-state index in [0.717, 1.165) is 35.7 Å². The number of carbonyl (C=O) groups excluding carboxylic acids is 1. The largest absolute Gasteiger partial charge is 0.489 e. The van der Waals surface area contributed by atoms with E-state index in [4.69, 9.17) is 21.1 Å². The molecule has 0 aliphatic carbocycles. The van der Waals surface area contributed by atoms with Gasteiger partial charge in [0.05, 0.1) is 0 Å². The van der Waals surface area contributed by atoms with Gasteiger partial charge in [-0.25, -0.2) is 0 Å². The van der Waals surface area contributed by atoms with E-state index in [1.807, 2.05) is 49.4 Å². The second kappa shape index (κ2) is 8.74. The molecule has 0 unspecified atom stereocenters. The van der Waals surface area contributed by atoms with Gasteiger partial charge in [0.15, 0.2) is 0 Å². The summed E-state index contributed by atoms with van der Waals surface area (Å²) in [5.41, 5.74) is 1.95. The van der Waals surface area contributed by atoms with E-state index in [9.17, 15) is 4.79 Å². The minimum atomic E-state index is -0.764. The van der Waals surface area contributed by atoms with Gasteiger partial charge in [0, 0.05) is 17.8 Å². The highest BCUT2D eigenvalue weighted by atomic mass is 35.5. The molecule has 0 radical (unpaired) electrons. The maximum atomic E-state index is 12.8. The molecule has 1 fully saturated rings. The number of anilines is 1. The number of hydrogen-bond acceptors (Lipinski definition) is 4. The van der Waals surface area contributed by atoms with E-state index in [-0.39, 0.29) is 5.91 Å². The van der Waals surface area contributed by atoms with Crippen molar-refractivity contribution >= 4 is 23.2 Å². The standard InChI is InChI=1S/C21H25ClN2O3/c1-15-12-18(27-14-16-4-3-5-17(22)13-16)6-7-19(15)24-20(25)21(26-2)8-10-23-11-9-21/h3-7,12-13,23H,8-11,14H2,1-2H3,(H,24,25). The summed E-state index contributed by atoms with van der Waals surface area (Å²) < 4.78 is 11.4. The fourth-order valence-electron chi connectivity index (χ4n) is 3.25. The Kier molecular flexibility index (Phi) is 6.37. The van der Waals surface area contributed by atoms with Gasteiger partial charge >= 0.3 is 0 Å². The lowest BCUT2D eigenvalue weighted by molar-refractivity contribution is -0.140. The first kappa shape index (κ1) is 19.7.